The molecule has 0 unspecified atom stereocenters. The molecular weight excluding hydrogens is 277 g/mol. The molecule has 2 saturated carbocycles. The van der Waals surface area contributed by atoms with E-state index in [0.29, 0.717) is 0 Å². The summed E-state index contributed by atoms with van der Waals surface area (Å²) in [5.74, 6) is -2.27. The number of aliphatic hydroxyl groups excluding tert-OH is 1. The molecule has 0 aromatic rings. The van der Waals surface area contributed by atoms with Crippen molar-refractivity contribution in [2.45, 2.75) is 57.4 Å². The van der Waals surface area contributed by atoms with Gasteiger partial charge in [-0.2, -0.15) is 13.2 Å². The lowest BCUT2D eigenvalue weighted by molar-refractivity contribution is -0.304. The van der Waals surface area contributed by atoms with Gasteiger partial charge in [0.2, 0.25) is 0 Å². The molecule has 0 aromatic carbocycles. The van der Waals surface area contributed by atoms with E-state index in [-0.39, 0.29) is 31.5 Å². The molecule has 2 fully saturated rings. The molecule has 7 heteroatoms. The smallest absolute Gasteiger partial charge is 0.398 e. The molecule has 2 aliphatic rings. The first kappa shape index (κ1) is 15.3. The molecule has 0 amide bonds. The Morgan fingerprint density at radius 1 is 1.40 bits per heavy atom. The van der Waals surface area contributed by atoms with Gasteiger partial charge < -0.3 is 9.84 Å². The van der Waals surface area contributed by atoms with Crippen molar-refractivity contribution in [3.8, 4) is 0 Å². The Hall–Kier alpha value is -1.11. The number of ether oxygens (including phenoxy) is 1. The van der Waals surface area contributed by atoms with Gasteiger partial charge in [-0.15, -0.1) is 0 Å². The third-order valence-corrected chi connectivity index (χ3v) is 4.53. The average Bonchev–Trinajstić information content (AvgIpc) is 2.31. The number of carbonyl (C=O) groups is 2. The Bertz CT molecular complexity index is 420. The van der Waals surface area contributed by atoms with E-state index in [2.05, 4.69) is 0 Å². The van der Waals surface area contributed by atoms with Crippen LogP contribution in [0.25, 0.3) is 0 Å². The van der Waals surface area contributed by atoms with Crippen LogP contribution in [0.2, 0.25) is 0 Å². The fourth-order valence-electron chi connectivity index (χ4n) is 3.62. The second-order valence-electron chi connectivity index (χ2n) is 5.63. The predicted octanol–water partition coefficient (Wildman–Crippen LogP) is 1.99. The summed E-state index contributed by atoms with van der Waals surface area (Å²) in [6.07, 6.45) is -7.99. The van der Waals surface area contributed by atoms with Crippen molar-refractivity contribution in [3.63, 3.8) is 0 Å². The van der Waals surface area contributed by atoms with Crippen molar-refractivity contribution in [3.05, 3.63) is 0 Å². The van der Waals surface area contributed by atoms with E-state index in [1.54, 1.807) is 0 Å². The second-order valence-corrected chi connectivity index (χ2v) is 5.63. The van der Waals surface area contributed by atoms with E-state index >= 15 is 0 Å². The highest BCUT2D eigenvalue weighted by molar-refractivity contribution is 5.80. The first-order valence-corrected chi connectivity index (χ1v) is 6.62. The lowest BCUT2D eigenvalue weighted by Gasteiger charge is -2.53. The van der Waals surface area contributed by atoms with Crippen molar-refractivity contribution in [1.82, 2.24) is 0 Å². The van der Waals surface area contributed by atoms with Gasteiger partial charge in [-0.05, 0) is 19.3 Å². The van der Waals surface area contributed by atoms with Crippen LogP contribution in [0.4, 0.5) is 13.2 Å². The largest absolute Gasteiger partial charge is 0.462 e. The van der Waals surface area contributed by atoms with Crippen LogP contribution in [0, 0.1) is 11.3 Å². The molecule has 0 saturated heterocycles. The molecule has 0 bridgehead atoms. The zero-order valence-corrected chi connectivity index (χ0v) is 11.1. The van der Waals surface area contributed by atoms with Gasteiger partial charge in [-0.3, -0.25) is 9.59 Å². The Morgan fingerprint density at radius 3 is 2.60 bits per heavy atom. The van der Waals surface area contributed by atoms with Crippen molar-refractivity contribution in [2.24, 2.45) is 11.3 Å². The number of ketones is 1. The summed E-state index contributed by atoms with van der Waals surface area (Å²) < 4.78 is 45.9. The lowest BCUT2D eigenvalue weighted by Crippen LogP contribution is -2.62. The fraction of sp³-hybridized carbons (Fsp3) is 0.846. The summed E-state index contributed by atoms with van der Waals surface area (Å²) in [5.41, 5.74) is -2.30. The number of aliphatic hydroxyl groups is 1. The van der Waals surface area contributed by atoms with Crippen LogP contribution in [-0.2, 0) is 14.3 Å². The maximum absolute atomic E-state index is 13.7. The number of hydrogen-bond donors (Lipinski definition) is 1. The van der Waals surface area contributed by atoms with Gasteiger partial charge in [0.25, 0.3) is 0 Å². The van der Waals surface area contributed by atoms with Crippen LogP contribution in [0.15, 0.2) is 0 Å². The van der Waals surface area contributed by atoms with Crippen LogP contribution in [0.1, 0.15) is 39.0 Å². The van der Waals surface area contributed by atoms with Gasteiger partial charge >= 0.3 is 12.1 Å². The summed E-state index contributed by atoms with van der Waals surface area (Å²) in [6.45, 7) is 1.07. The van der Waals surface area contributed by atoms with Gasteiger partial charge in [0.15, 0.2) is 0 Å². The molecule has 0 radical (unpaired) electrons. The van der Waals surface area contributed by atoms with Gasteiger partial charge in [0.05, 0.1) is 6.10 Å². The minimum Gasteiger partial charge on any atom is -0.462 e. The Morgan fingerprint density at radius 2 is 2.05 bits per heavy atom. The molecule has 0 aliphatic heterocycles. The minimum atomic E-state index is -4.63. The van der Waals surface area contributed by atoms with Crippen LogP contribution >= 0.6 is 0 Å². The third kappa shape index (κ3) is 2.32. The van der Waals surface area contributed by atoms with E-state index in [1.165, 1.54) is 0 Å². The number of carbonyl (C=O) groups excluding carboxylic acids is 2. The van der Waals surface area contributed by atoms with Crippen LogP contribution in [0.5, 0.6) is 0 Å². The molecule has 20 heavy (non-hydrogen) atoms. The van der Waals surface area contributed by atoms with Gasteiger partial charge in [0, 0.05) is 25.7 Å². The molecule has 4 nitrogen and oxygen atoms in total. The number of hydrogen-bond acceptors (Lipinski definition) is 4. The zero-order chi connectivity index (χ0) is 15.1. The Kier molecular flexibility index (Phi) is 3.83. The first-order chi connectivity index (χ1) is 9.18. The van der Waals surface area contributed by atoms with Gasteiger partial charge in [-0.25, -0.2) is 0 Å². The highest BCUT2D eigenvalue weighted by Crippen LogP contribution is 2.59. The number of esters is 1. The Balaban J connectivity index is 2.44. The molecule has 4 atom stereocenters. The SMILES string of the molecule is CC(=O)O[C@H]1CC[C@@H](O)[C@@H]2CC(=O)CC[C@]12C(F)(F)F. The molecule has 114 valence electrons. The fourth-order valence-corrected chi connectivity index (χ4v) is 3.62. The standard InChI is InChI=1S/C13H17F3O4/c1-7(17)20-11-3-2-10(19)9-6-8(18)4-5-12(9,11)13(14,15)16/h9-11,19H,2-6H2,1H3/t9-,10+,11-,12+/m0/s1. The molecule has 1 N–H and O–H groups in total. The molecule has 0 aromatic heterocycles. The molecule has 2 aliphatic carbocycles. The molecule has 0 spiro atoms. The van der Waals surface area contributed by atoms with E-state index in [1.807, 2.05) is 0 Å². The highest BCUT2D eigenvalue weighted by atomic mass is 19.4. The summed E-state index contributed by atoms with van der Waals surface area (Å²) in [7, 11) is 0. The Labute approximate surface area is 114 Å². The zero-order valence-electron chi connectivity index (χ0n) is 11.1. The van der Waals surface area contributed by atoms with Crippen molar-refractivity contribution in [2.75, 3.05) is 0 Å². The number of alkyl halides is 3. The van der Waals surface area contributed by atoms with E-state index in [9.17, 15) is 27.9 Å². The quantitative estimate of drug-likeness (QED) is 0.751. The number of Topliss-reactive ketones (excluding diaryl/α,β-unsaturated/α-hetero) is 1. The minimum absolute atomic E-state index is 0.0368. The molecule has 2 rings (SSSR count). The monoisotopic (exact) mass is 294 g/mol. The van der Waals surface area contributed by atoms with Crippen molar-refractivity contribution >= 4 is 11.8 Å². The third-order valence-electron chi connectivity index (χ3n) is 4.53. The summed E-state index contributed by atoms with van der Waals surface area (Å²) in [6, 6.07) is 0. The van der Waals surface area contributed by atoms with Crippen LogP contribution in [-0.4, -0.2) is 35.2 Å². The normalized spacial score (nSPS) is 38.2. The van der Waals surface area contributed by atoms with E-state index < -0.39 is 42.1 Å². The summed E-state index contributed by atoms with van der Waals surface area (Å²) in [4.78, 5) is 22.6. The first-order valence-electron chi connectivity index (χ1n) is 6.62. The summed E-state index contributed by atoms with van der Waals surface area (Å²) >= 11 is 0. The van der Waals surface area contributed by atoms with Crippen molar-refractivity contribution < 1.29 is 32.6 Å². The number of halogens is 3. The van der Waals surface area contributed by atoms with E-state index in [4.69, 9.17) is 4.74 Å². The van der Waals surface area contributed by atoms with E-state index in [0.717, 1.165) is 6.92 Å². The maximum Gasteiger partial charge on any atom is 0.398 e. The van der Waals surface area contributed by atoms with Crippen LogP contribution in [0.3, 0.4) is 0 Å². The van der Waals surface area contributed by atoms with Crippen molar-refractivity contribution in [1.29, 1.82) is 0 Å². The second kappa shape index (κ2) is 5.02. The lowest BCUT2D eigenvalue weighted by atomic mass is 9.56. The topological polar surface area (TPSA) is 63.6 Å². The molecule has 0 heterocycles. The number of fused-ring (bicyclic) bond motifs is 1. The number of rotatable bonds is 1. The highest BCUT2D eigenvalue weighted by Gasteiger charge is 2.68. The molecular formula is C13H17F3O4. The van der Waals surface area contributed by atoms with Gasteiger partial charge in [-0.1, -0.05) is 0 Å². The predicted molar refractivity (Wildman–Crippen MR) is 61.6 cm³/mol. The van der Waals surface area contributed by atoms with Crippen LogP contribution < -0.4 is 0 Å². The van der Waals surface area contributed by atoms with Gasteiger partial charge in [0.1, 0.15) is 17.3 Å². The summed E-state index contributed by atoms with van der Waals surface area (Å²) in [5, 5.41) is 9.91. The average molecular weight is 294 g/mol. The maximum atomic E-state index is 13.7.